The maximum Gasteiger partial charge on any atom is 0.232 e. The minimum absolute atomic E-state index is 0.537. The lowest BCUT2D eigenvalue weighted by atomic mass is 10.3. The van der Waals surface area contributed by atoms with E-state index in [9.17, 15) is 0 Å². The van der Waals surface area contributed by atoms with Crippen LogP contribution in [0.1, 0.15) is 31.5 Å². The van der Waals surface area contributed by atoms with Crippen molar-refractivity contribution in [1.29, 1.82) is 0 Å². The normalized spacial score (nSPS) is 14.3. The zero-order chi connectivity index (χ0) is 17.9. The van der Waals surface area contributed by atoms with Gasteiger partial charge in [0.1, 0.15) is 0 Å². The van der Waals surface area contributed by atoms with E-state index in [0.29, 0.717) is 22.6 Å². The van der Waals surface area contributed by atoms with Gasteiger partial charge in [-0.05, 0) is 25.0 Å². The van der Waals surface area contributed by atoms with E-state index in [-0.39, 0.29) is 0 Å². The molecule has 136 valence electrons. The van der Waals surface area contributed by atoms with Crippen LogP contribution in [0.2, 0.25) is 5.02 Å². The molecule has 1 aliphatic rings. The molecule has 3 heterocycles. The number of nitrogens with zero attached hydrogens (tertiary/aromatic N) is 6. The largest absolute Gasteiger partial charge is 0.424 e. The smallest absolute Gasteiger partial charge is 0.232 e. The van der Waals surface area contributed by atoms with E-state index in [4.69, 9.17) is 16.0 Å². The lowest BCUT2D eigenvalue weighted by Gasteiger charge is -2.18. The fourth-order valence-electron chi connectivity index (χ4n) is 2.94. The average molecular weight is 391 g/mol. The summed E-state index contributed by atoms with van der Waals surface area (Å²) in [4.78, 5) is 2.25. The molecule has 0 bridgehead atoms. The molecule has 0 spiro atoms. The Hall–Kier alpha value is -2.06. The van der Waals surface area contributed by atoms with E-state index >= 15 is 0 Å². The molecule has 0 atom stereocenters. The summed E-state index contributed by atoms with van der Waals surface area (Å²) in [7, 11) is 0. The van der Waals surface area contributed by atoms with E-state index in [1.807, 2.05) is 35.8 Å². The molecule has 2 aromatic heterocycles. The van der Waals surface area contributed by atoms with Crippen molar-refractivity contribution in [2.45, 2.75) is 37.1 Å². The monoisotopic (exact) mass is 390 g/mol. The van der Waals surface area contributed by atoms with Gasteiger partial charge in [0.05, 0.1) is 16.5 Å². The van der Waals surface area contributed by atoms with Crippen LogP contribution in [0.5, 0.6) is 0 Å². The second kappa shape index (κ2) is 7.67. The molecule has 26 heavy (non-hydrogen) atoms. The molecule has 9 heteroatoms. The van der Waals surface area contributed by atoms with Crippen LogP contribution >= 0.6 is 23.4 Å². The van der Waals surface area contributed by atoms with Crippen LogP contribution in [0, 0.1) is 0 Å². The molecule has 0 radical (unpaired) electrons. The van der Waals surface area contributed by atoms with Gasteiger partial charge in [-0.2, -0.15) is 0 Å². The Bertz CT molecular complexity index is 889. The average Bonchev–Trinajstić information content (AvgIpc) is 3.40. The highest BCUT2D eigenvalue weighted by Crippen LogP contribution is 2.32. The maximum atomic E-state index is 6.46. The Labute approximate surface area is 160 Å². The molecule has 0 unspecified atom stereocenters. The van der Waals surface area contributed by atoms with E-state index in [0.717, 1.165) is 36.3 Å². The minimum Gasteiger partial charge on any atom is -0.424 e. The van der Waals surface area contributed by atoms with Crippen LogP contribution < -0.4 is 4.90 Å². The maximum absolute atomic E-state index is 6.46. The zero-order valence-electron chi connectivity index (χ0n) is 14.4. The summed E-state index contributed by atoms with van der Waals surface area (Å²) in [6.07, 6.45) is 3.06. The lowest BCUT2D eigenvalue weighted by Crippen LogP contribution is -2.22. The highest BCUT2D eigenvalue weighted by Gasteiger charge is 2.23. The highest BCUT2D eigenvalue weighted by molar-refractivity contribution is 7.98. The Kier molecular flexibility index (Phi) is 5.12. The third-order valence-electron chi connectivity index (χ3n) is 4.23. The van der Waals surface area contributed by atoms with Crippen molar-refractivity contribution in [1.82, 2.24) is 25.0 Å². The minimum atomic E-state index is 0.537. The van der Waals surface area contributed by atoms with Crippen molar-refractivity contribution >= 4 is 29.3 Å². The molecular weight excluding hydrogens is 372 g/mol. The lowest BCUT2D eigenvalue weighted by molar-refractivity contribution is 0.470. The highest BCUT2D eigenvalue weighted by atomic mass is 35.5. The van der Waals surface area contributed by atoms with Gasteiger partial charge in [0, 0.05) is 19.5 Å². The number of benzene rings is 1. The topological polar surface area (TPSA) is 72.9 Å². The SMILES string of the molecule is CCc1nnc(CSc2nnc(N3CCCC3)n2-c2ccccc2Cl)o1. The Balaban J connectivity index is 1.66. The molecule has 0 saturated carbocycles. The first kappa shape index (κ1) is 17.4. The van der Waals surface area contributed by atoms with Crippen LogP contribution in [0.4, 0.5) is 5.95 Å². The second-order valence-electron chi connectivity index (χ2n) is 6.00. The Morgan fingerprint density at radius 2 is 1.85 bits per heavy atom. The number of hydrogen-bond donors (Lipinski definition) is 0. The van der Waals surface area contributed by atoms with Crippen molar-refractivity contribution in [3.05, 3.63) is 41.1 Å². The molecule has 4 rings (SSSR count). The van der Waals surface area contributed by atoms with E-state index in [2.05, 4.69) is 25.3 Å². The summed E-state index contributed by atoms with van der Waals surface area (Å²) in [5.41, 5.74) is 0.878. The molecule has 1 saturated heterocycles. The molecule has 1 aliphatic heterocycles. The fraction of sp³-hybridized carbons (Fsp3) is 0.412. The van der Waals surface area contributed by atoms with Gasteiger partial charge >= 0.3 is 0 Å². The molecule has 1 fully saturated rings. The van der Waals surface area contributed by atoms with Crippen LogP contribution in [-0.2, 0) is 12.2 Å². The third kappa shape index (κ3) is 3.43. The van der Waals surface area contributed by atoms with Crippen LogP contribution in [0.25, 0.3) is 5.69 Å². The van der Waals surface area contributed by atoms with E-state index in [1.165, 1.54) is 24.6 Å². The number of para-hydroxylation sites is 1. The second-order valence-corrected chi connectivity index (χ2v) is 7.35. The number of hydrogen-bond acceptors (Lipinski definition) is 7. The molecule has 0 aliphatic carbocycles. The summed E-state index contributed by atoms with van der Waals surface area (Å²) in [5, 5.41) is 18.4. The van der Waals surface area contributed by atoms with Gasteiger partial charge in [0.2, 0.25) is 17.7 Å². The standard InChI is InChI=1S/C17H19ClN6OS/c1-2-14-19-20-15(25-14)11-26-17-22-21-16(23-9-5-6-10-23)24(17)13-8-4-3-7-12(13)18/h3-4,7-8H,2,5-6,9-11H2,1H3. The number of rotatable bonds is 6. The summed E-state index contributed by atoms with van der Waals surface area (Å²) in [6, 6.07) is 7.75. The van der Waals surface area contributed by atoms with Gasteiger partial charge in [-0.15, -0.1) is 20.4 Å². The third-order valence-corrected chi connectivity index (χ3v) is 5.47. The molecular formula is C17H19ClN6OS. The quantitative estimate of drug-likeness (QED) is 0.593. The Morgan fingerprint density at radius 3 is 2.58 bits per heavy atom. The van der Waals surface area contributed by atoms with E-state index < -0.39 is 0 Å². The first-order chi connectivity index (χ1) is 12.8. The summed E-state index contributed by atoms with van der Waals surface area (Å²) in [5.74, 6) is 2.60. The van der Waals surface area contributed by atoms with Gasteiger partial charge in [0.15, 0.2) is 5.16 Å². The molecule has 1 aromatic carbocycles. The van der Waals surface area contributed by atoms with Crippen LogP contribution in [0.3, 0.4) is 0 Å². The first-order valence-electron chi connectivity index (χ1n) is 8.65. The van der Waals surface area contributed by atoms with Gasteiger partial charge < -0.3 is 9.32 Å². The van der Waals surface area contributed by atoms with Crippen molar-refractivity contribution in [3.8, 4) is 5.69 Å². The molecule has 0 N–H and O–H groups in total. The Morgan fingerprint density at radius 1 is 1.08 bits per heavy atom. The number of halogens is 1. The summed E-state index contributed by atoms with van der Waals surface area (Å²) in [6.45, 7) is 3.95. The summed E-state index contributed by atoms with van der Waals surface area (Å²) < 4.78 is 7.62. The molecule has 7 nitrogen and oxygen atoms in total. The van der Waals surface area contributed by atoms with Gasteiger partial charge in [0.25, 0.3) is 0 Å². The number of aryl methyl sites for hydroxylation is 1. The first-order valence-corrected chi connectivity index (χ1v) is 10.0. The molecule has 3 aromatic rings. The van der Waals surface area contributed by atoms with Crippen LogP contribution in [-0.4, -0.2) is 38.1 Å². The zero-order valence-corrected chi connectivity index (χ0v) is 16.0. The van der Waals surface area contributed by atoms with Crippen molar-refractivity contribution in [2.24, 2.45) is 0 Å². The predicted molar refractivity (Wildman–Crippen MR) is 101 cm³/mol. The van der Waals surface area contributed by atoms with Gasteiger partial charge in [-0.25, -0.2) is 0 Å². The number of aromatic nitrogens is 5. The van der Waals surface area contributed by atoms with Crippen LogP contribution in [0.15, 0.2) is 33.8 Å². The van der Waals surface area contributed by atoms with Crippen molar-refractivity contribution in [2.75, 3.05) is 18.0 Å². The van der Waals surface area contributed by atoms with Crippen molar-refractivity contribution < 1.29 is 4.42 Å². The molecule has 0 amide bonds. The van der Waals surface area contributed by atoms with Gasteiger partial charge in [-0.3, -0.25) is 4.57 Å². The fourth-order valence-corrected chi connectivity index (χ4v) is 3.93. The van der Waals surface area contributed by atoms with Gasteiger partial charge in [-0.1, -0.05) is 42.4 Å². The predicted octanol–water partition coefficient (Wildman–Crippen LogP) is 3.76. The number of anilines is 1. The van der Waals surface area contributed by atoms with Crippen molar-refractivity contribution in [3.63, 3.8) is 0 Å². The number of thioether (sulfide) groups is 1. The van der Waals surface area contributed by atoms with E-state index in [1.54, 1.807) is 0 Å². The summed E-state index contributed by atoms with van der Waals surface area (Å²) >= 11 is 7.98.